The maximum atomic E-state index is 11.1. The van der Waals surface area contributed by atoms with Gasteiger partial charge in [-0.15, -0.1) is 12.6 Å². The van der Waals surface area contributed by atoms with Crippen molar-refractivity contribution in [2.45, 2.75) is 11.3 Å². The second-order valence-electron chi connectivity index (χ2n) is 2.66. The first-order chi connectivity index (χ1) is 6.13. The SMILES string of the molecule is O=C(CBr)Cc1cc(O)ccc1S. The average Bonchev–Trinajstić information content (AvgIpc) is 2.11. The molecule has 0 aliphatic heterocycles. The number of alkyl halides is 1. The number of thiol groups is 1. The highest BCUT2D eigenvalue weighted by atomic mass is 79.9. The Morgan fingerprint density at radius 2 is 2.23 bits per heavy atom. The zero-order valence-electron chi connectivity index (χ0n) is 6.83. The normalized spacial score (nSPS) is 10.0. The summed E-state index contributed by atoms with van der Waals surface area (Å²) in [7, 11) is 0. The Labute approximate surface area is 90.5 Å². The predicted molar refractivity (Wildman–Crippen MR) is 57.9 cm³/mol. The molecule has 0 aromatic heterocycles. The predicted octanol–water partition coefficient (Wildman–Crippen LogP) is 2.19. The van der Waals surface area contributed by atoms with Crippen molar-refractivity contribution in [3.8, 4) is 5.75 Å². The second-order valence-corrected chi connectivity index (χ2v) is 3.70. The fourth-order valence-corrected chi connectivity index (χ4v) is 1.39. The van der Waals surface area contributed by atoms with E-state index in [9.17, 15) is 4.79 Å². The van der Waals surface area contributed by atoms with Crippen LogP contribution < -0.4 is 0 Å². The minimum absolute atomic E-state index is 0.0703. The Kier molecular flexibility index (Phi) is 3.81. The summed E-state index contributed by atoms with van der Waals surface area (Å²) in [5.74, 6) is 0.232. The Bertz CT molecular complexity index is 325. The molecule has 0 amide bonds. The lowest BCUT2D eigenvalue weighted by atomic mass is 10.1. The van der Waals surface area contributed by atoms with Gasteiger partial charge in [0, 0.05) is 11.3 Å². The largest absolute Gasteiger partial charge is 0.508 e. The maximum Gasteiger partial charge on any atom is 0.147 e. The van der Waals surface area contributed by atoms with E-state index in [-0.39, 0.29) is 11.5 Å². The molecular weight excluding hydrogens is 252 g/mol. The molecule has 0 atom stereocenters. The van der Waals surface area contributed by atoms with E-state index in [0.717, 1.165) is 10.5 Å². The van der Waals surface area contributed by atoms with Crippen LogP contribution in [0.25, 0.3) is 0 Å². The third-order valence-electron chi connectivity index (χ3n) is 1.60. The number of phenols is 1. The summed E-state index contributed by atoms with van der Waals surface area (Å²) in [4.78, 5) is 11.8. The van der Waals surface area contributed by atoms with Crippen molar-refractivity contribution in [3.05, 3.63) is 23.8 Å². The van der Waals surface area contributed by atoms with Crippen molar-refractivity contribution < 1.29 is 9.90 Å². The van der Waals surface area contributed by atoms with Gasteiger partial charge in [0.15, 0.2) is 0 Å². The minimum atomic E-state index is 0.0703. The van der Waals surface area contributed by atoms with E-state index in [1.807, 2.05) is 0 Å². The highest BCUT2D eigenvalue weighted by Crippen LogP contribution is 2.20. The van der Waals surface area contributed by atoms with Gasteiger partial charge >= 0.3 is 0 Å². The van der Waals surface area contributed by atoms with Crippen LogP contribution in [0.2, 0.25) is 0 Å². The van der Waals surface area contributed by atoms with Crippen LogP contribution in [0.5, 0.6) is 5.75 Å². The van der Waals surface area contributed by atoms with E-state index in [0.29, 0.717) is 11.8 Å². The second kappa shape index (κ2) is 4.67. The minimum Gasteiger partial charge on any atom is -0.508 e. The monoisotopic (exact) mass is 260 g/mol. The summed E-state index contributed by atoms with van der Waals surface area (Å²) >= 11 is 7.26. The number of Topliss-reactive ketones (excluding diaryl/α,β-unsaturated/α-hetero) is 1. The number of phenolic OH excluding ortho intramolecular Hbond substituents is 1. The number of rotatable bonds is 3. The number of benzene rings is 1. The molecule has 0 spiro atoms. The first-order valence-electron chi connectivity index (χ1n) is 3.72. The Morgan fingerprint density at radius 1 is 1.54 bits per heavy atom. The van der Waals surface area contributed by atoms with Crippen LogP contribution in [0.1, 0.15) is 5.56 Å². The van der Waals surface area contributed by atoms with Crippen molar-refractivity contribution in [2.75, 3.05) is 5.33 Å². The lowest BCUT2D eigenvalue weighted by molar-refractivity contribution is -0.115. The van der Waals surface area contributed by atoms with E-state index in [2.05, 4.69) is 28.6 Å². The molecule has 0 unspecified atom stereocenters. The van der Waals surface area contributed by atoms with Gasteiger partial charge in [-0.1, -0.05) is 15.9 Å². The van der Waals surface area contributed by atoms with Gasteiger partial charge in [0.05, 0.1) is 5.33 Å². The Morgan fingerprint density at radius 3 is 2.85 bits per heavy atom. The van der Waals surface area contributed by atoms with Crippen molar-refractivity contribution in [2.24, 2.45) is 0 Å². The number of carbonyl (C=O) groups excluding carboxylic acids is 1. The number of ketones is 1. The van der Waals surface area contributed by atoms with Gasteiger partial charge in [-0.2, -0.15) is 0 Å². The molecule has 0 heterocycles. The number of hydrogen-bond acceptors (Lipinski definition) is 3. The fourth-order valence-electron chi connectivity index (χ4n) is 0.973. The molecular formula is C9H9BrO2S. The van der Waals surface area contributed by atoms with Crippen LogP contribution in [0.4, 0.5) is 0 Å². The van der Waals surface area contributed by atoms with Crippen LogP contribution >= 0.6 is 28.6 Å². The van der Waals surface area contributed by atoms with Crippen molar-refractivity contribution >= 4 is 34.3 Å². The van der Waals surface area contributed by atoms with Gasteiger partial charge in [0.25, 0.3) is 0 Å². The summed E-state index contributed by atoms with van der Waals surface area (Å²) < 4.78 is 0. The van der Waals surface area contributed by atoms with Crippen molar-refractivity contribution in [1.29, 1.82) is 0 Å². The highest BCUT2D eigenvalue weighted by molar-refractivity contribution is 9.09. The molecule has 0 fully saturated rings. The van der Waals surface area contributed by atoms with Crippen molar-refractivity contribution in [3.63, 3.8) is 0 Å². The van der Waals surface area contributed by atoms with Crippen LogP contribution in [0, 0.1) is 0 Å². The van der Waals surface area contributed by atoms with Crippen LogP contribution in [0.3, 0.4) is 0 Å². The Hall–Kier alpha value is -0.480. The molecule has 70 valence electrons. The highest BCUT2D eigenvalue weighted by Gasteiger charge is 2.05. The number of carbonyl (C=O) groups is 1. The molecule has 0 bridgehead atoms. The van der Waals surface area contributed by atoms with Gasteiger partial charge in [-0.25, -0.2) is 0 Å². The van der Waals surface area contributed by atoms with Gasteiger partial charge in [-0.05, 0) is 23.8 Å². The fraction of sp³-hybridized carbons (Fsp3) is 0.222. The first-order valence-corrected chi connectivity index (χ1v) is 5.29. The summed E-state index contributed by atoms with van der Waals surface area (Å²) in [6.07, 6.45) is 0.304. The topological polar surface area (TPSA) is 37.3 Å². The molecule has 1 rings (SSSR count). The molecule has 0 saturated heterocycles. The standard InChI is InChI=1S/C9H9BrO2S/c10-5-8(12)4-6-3-7(11)1-2-9(6)13/h1-3,11,13H,4-5H2. The number of aromatic hydroxyl groups is 1. The lowest BCUT2D eigenvalue weighted by Crippen LogP contribution is -2.03. The molecule has 0 aliphatic carbocycles. The summed E-state index contributed by atoms with van der Waals surface area (Å²) in [5.41, 5.74) is 0.757. The van der Waals surface area contributed by atoms with Gasteiger partial charge < -0.3 is 5.11 Å². The summed E-state index contributed by atoms with van der Waals surface area (Å²) in [6.45, 7) is 0. The molecule has 1 aromatic carbocycles. The summed E-state index contributed by atoms with van der Waals surface area (Å²) in [6, 6.07) is 4.78. The average molecular weight is 261 g/mol. The van der Waals surface area contributed by atoms with E-state index in [1.165, 1.54) is 0 Å². The Balaban J connectivity index is 2.87. The summed E-state index contributed by atoms with van der Waals surface area (Å²) in [5, 5.41) is 9.50. The third-order valence-corrected chi connectivity index (χ3v) is 2.66. The zero-order chi connectivity index (χ0) is 9.84. The smallest absolute Gasteiger partial charge is 0.147 e. The lowest BCUT2D eigenvalue weighted by Gasteiger charge is -2.03. The molecule has 1 aromatic rings. The van der Waals surface area contributed by atoms with E-state index >= 15 is 0 Å². The number of hydrogen-bond donors (Lipinski definition) is 2. The van der Waals surface area contributed by atoms with Crippen LogP contribution in [0.15, 0.2) is 23.1 Å². The van der Waals surface area contributed by atoms with Crippen LogP contribution in [-0.2, 0) is 11.2 Å². The molecule has 2 nitrogen and oxygen atoms in total. The third kappa shape index (κ3) is 3.04. The van der Waals surface area contributed by atoms with E-state index in [1.54, 1.807) is 18.2 Å². The van der Waals surface area contributed by atoms with Gasteiger partial charge in [-0.3, -0.25) is 4.79 Å². The van der Waals surface area contributed by atoms with Crippen molar-refractivity contribution in [1.82, 2.24) is 0 Å². The first kappa shape index (κ1) is 10.6. The molecule has 0 radical (unpaired) electrons. The van der Waals surface area contributed by atoms with Gasteiger partial charge in [0.2, 0.25) is 0 Å². The molecule has 0 saturated carbocycles. The molecule has 1 N–H and O–H groups in total. The molecule has 4 heteroatoms. The van der Waals surface area contributed by atoms with E-state index in [4.69, 9.17) is 5.11 Å². The zero-order valence-corrected chi connectivity index (χ0v) is 9.31. The maximum absolute atomic E-state index is 11.1. The molecule has 13 heavy (non-hydrogen) atoms. The number of halogens is 1. The van der Waals surface area contributed by atoms with Crippen LogP contribution in [-0.4, -0.2) is 16.2 Å². The van der Waals surface area contributed by atoms with E-state index < -0.39 is 0 Å². The van der Waals surface area contributed by atoms with Gasteiger partial charge in [0.1, 0.15) is 11.5 Å². The molecule has 0 aliphatic rings. The quantitative estimate of drug-likeness (QED) is 0.646.